The van der Waals surface area contributed by atoms with Gasteiger partial charge in [-0.15, -0.1) is 11.8 Å². The van der Waals surface area contributed by atoms with E-state index in [-0.39, 0.29) is 11.8 Å². The van der Waals surface area contributed by atoms with E-state index in [1.165, 1.54) is 9.01 Å². The van der Waals surface area contributed by atoms with Gasteiger partial charge in [-0.25, -0.2) is 13.4 Å². The molecule has 10 heteroatoms. The van der Waals surface area contributed by atoms with Crippen molar-refractivity contribution in [3.8, 4) is 0 Å². The maximum Gasteiger partial charge on any atom is 0.243 e. The molecule has 2 saturated heterocycles. The Morgan fingerprint density at radius 2 is 1.65 bits per heavy atom. The van der Waals surface area contributed by atoms with Crippen LogP contribution in [0, 0.1) is 5.92 Å². The highest BCUT2D eigenvalue weighted by Gasteiger charge is 2.35. The number of hydrogen-bond donors (Lipinski definition) is 0. The summed E-state index contributed by atoms with van der Waals surface area (Å²) >= 11 is 3.28. The van der Waals surface area contributed by atoms with E-state index in [0.29, 0.717) is 43.9 Å². The van der Waals surface area contributed by atoms with E-state index >= 15 is 0 Å². The number of benzene rings is 2. The zero-order valence-corrected chi connectivity index (χ0v) is 21.5. The van der Waals surface area contributed by atoms with E-state index < -0.39 is 10.0 Å². The molecule has 1 amide bonds. The summed E-state index contributed by atoms with van der Waals surface area (Å²) in [5.74, 6) is 0.0460. The zero-order valence-electron chi connectivity index (χ0n) is 19.1. The molecule has 2 aliphatic rings. The highest BCUT2D eigenvalue weighted by molar-refractivity contribution is 7.98. The number of piperazine rings is 1. The minimum Gasteiger partial charge on any atom is -0.345 e. The van der Waals surface area contributed by atoms with Gasteiger partial charge in [-0.05, 0) is 55.5 Å². The molecule has 0 unspecified atom stereocenters. The van der Waals surface area contributed by atoms with Crippen molar-refractivity contribution < 1.29 is 13.2 Å². The van der Waals surface area contributed by atoms with Crippen molar-refractivity contribution in [2.45, 2.75) is 22.6 Å². The van der Waals surface area contributed by atoms with Crippen molar-refractivity contribution in [3.05, 3.63) is 48.5 Å². The fourth-order valence-electron chi connectivity index (χ4n) is 4.61. The normalized spacial score (nSPS) is 18.5. The summed E-state index contributed by atoms with van der Waals surface area (Å²) in [7, 11) is -3.52. The van der Waals surface area contributed by atoms with Crippen molar-refractivity contribution in [3.63, 3.8) is 0 Å². The number of anilines is 1. The Kier molecular flexibility index (Phi) is 6.83. The summed E-state index contributed by atoms with van der Waals surface area (Å²) in [4.78, 5) is 23.5. The van der Waals surface area contributed by atoms with Crippen LogP contribution in [0.1, 0.15) is 12.8 Å². The second kappa shape index (κ2) is 9.85. The van der Waals surface area contributed by atoms with Crippen LogP contribution in [0.3, 0.4) is 0 Å². The predicted octanol–water partition coefficient (Wildman–Crippen LogP) is 3.77. The fraction of sp³-hybridized carbons (Fsp3) is 0.417. The van der Waals surface area contributed by atoms with Crippen molar-refractivity contribution in [1.29, 1.82) is 0 Å². The number of fused-ring (bicyclic) bond motifs is 1. The van der Waals surface area contributed by atoms with E-state index in [0.717, 1.165) is 28.6 Å². The van der Waals surface area contributed by atoms with Gasteiger partial charge >= 0.3 is 0 Å². The fourth-order valence-corrected chi connectivity index (χ4v) is 7.51. The van der Waals surface area contributed by atoms with Gasteiger partial charge < -0.3 is 9.80 Å². The number of amides is 1. The van der Waals surface area contributed by atoms with Crippen LogP contribution in [-0.4, -0.2) is 74.0 Å². The Balaban J connectivity index is 1.15. The molecule has 3 aromatic rings. The minimum absolute atomic E-state index is 0.112. The summed E-state index contributed by atoms with van der Waals surface area (Å²) < 4.78 is 28.7. The molecular formula is C24H28N4O3S3. The smallest absolute Gasteiger partial charge is 0.243 e. The van der Waals surface area contributed by atoms with Gasteiger partial charge in [-0.3, -0.25) is 4.79 Å². The number of carbonyl (C=O) groups excluding carboxylic acids is 1. The van der Waals surface area contributed by atoms with Crippen LogP contribution >= 0.6 is 23.1 Å². The number of aromatic nitrogens is 1. The Labute approximate surface area is 208 Å². The molecule has 2 fully saturated rings. The third-order valence-corrected chi connectivity index (χ3v) is 10.4. The molecule has 180 valence electrons. The van der Waals surface area contributed by atoms with Crippen LogP contribution in [0.2, 0.25) is 0 Å². The second-order valence-corrected chi connectivity index (χ2v) is 12.5. The first-order valence-electron chi connectivity index (χ1n) is 11.5. The quantitative estimate of drug-likeness (QED) is 0.481. The molecule has 34 heavy (non-hydrogen) atoms. The molecule has 2 aliphatic heterocycles. The monoisotopic (exact) mass is 516 g/mol. The molecule has 0 spiro atoms. The van der Waals surface area contributed by atoms with E-state index in [2.05, 4.69) is 11.0 Å². The summed E-state index contributed by atoms with van der Waals surface area (Å²) in [5, 5.41) is 1.01. The summed E-state index contributed by atoms with van der Waals surface area (Å²) in [6.07, 6.45) is 3.10. The molecule has 0 atom stereocenters. The van der Waals surface area contributed by atoms with Crippen LogP contribution in [0.5, 0.6) is 0 Å². The average molecular weight is 517 g/mol. The van der Waals surface area contributed by atoms with Gasteiger partial charge in [0.2, 0.25) is 15.9 Å². The first kappa shape index (κ1) is 23.6. The lowest BCUT2D eigenvalue weighted by Gasteiger charge is -2.38. The van der Waals surface area contributed by atoms with Gasteiger partial charge in [0.1, 0.15) is 0 Å². The van der Waals surface area contributed by atoms with Crippen LogP contribution in [-0.2, 0) is 14.8 Å². The maximum atomic E-state index is 13.2. The Morgan fingerprint density at radius 3 is 2.29 bits per heavy atom. The molecule has 0 saturated carbocycles. The molecule has 7 nitrogen and oxygen atoms in total. The van der Waals surface area contributed by atoms with Gasteiger partial charge in [-0.1, -0.05) is 23.5 Å². The number of para-hydroxylation sites is 1. The van der Waals surface area contributed by atoms with Gasteiger partial charge in [0.15, 0.2) is 5.13 Å². The molecule has 1 aromatic heterocycles. The Bertz CT molecular complexity index is 1230. The number of thioether (sulfide) groups is 1. The third kappa shape index (κ3) is 4.68. The molecule has 5 rings (SSSR count). The highest BCUT2D eigenvalue weighted by atomic mass is 32.2. The van der Waals surface area contributed by atoms with Crippen LogP contribution in [0.15, 0.2) is 58.3 Å². The largest absolute Gasteiger partial charge is 0.345 e. The first-order valence-corrected chi connectivity index (χ1v) is 15.0. The van der Waals surface area contributed by atoms with Crippen molar-refractivity contribution >= 4 is 54.4 Å². The number of hydrogen-bond acceptors (Lipinski definition) is 7. The summed E-state index contributed by atoms with van der Waals surface area (Å²) in [6, 6.07) is 15.2. The number of carbonyl (C=O) groups is 1. The SMILES string of the molecule is CSc1ccc(S(=O)(=O)N2CCC(C(=O)N3CCN(c4nc5ccccc5s4)CC3)CC2)cc1. The van der Waals surface area contributed by atoms with E-state index in [9.17, 15) is 13.2 Å². The van der Waals surface area contributed by atoms with Crippen molar-refractivity contribution in [1.82, 2.24) is 14.2 Å². The molecule has 0 aliphatic carbocycles. The lowest BCUT2D eigenvalue weighted by atomic mass is 9.96. The van der Waals surface area contributed by atoms with E-state index in [4.69, 9.17) is 4.98 Å². The summed E-state index contributed by atoms with van der Waals surface area (Å²) in [6.45, 7) is 3.66. The van der Waals surface area contributed by atoms with Crippen LogP contribution in [0.25, 0.3) is 10.2 Å². The Hall–Kier alpha value is -2.14. The lowest BCUT2D eigenvalue weighted by molar-refractivity contribution is -0.137. The minimum atomic E-state index is -3.52. The maximum absolute atomic E-state index is 13.2. The second-order valence-electron chi connectivity index (χ2n) is 8.63. The van der Waals surface area contributed by atoms with Crippen LogP contribution in [0.4, 0.5) is 5.13 Å². The zero-order chi connectivity index (χ0) is 23.7. The van der Waals surface area contributed by atoms with E-state index in [1.54, 1.807) is 35.2 Å². The van der Waals surface area contributed by atoms with Crippen LogP contribution < -0.4 is 4.90 Å². The Morgan fingerprint density at radius 1 is 0.971 bits per heavy atom. The van der Waals surface area contributed by atoms with Gasteiger partial charge in [0.05, 0.1) is 15.1 Å². The average Bonchev–Trinajstić information content (AvgIpc) is 3.33. The standard InChI is InChI=1S/C24H28N4O3S3/c1-32-19-6-8-20(9-7-19)34(30,31)28-12-10-18(11-13-28)23(29)26-14-16-27(17-15-26)24-25-21-4-2-3-5-22(21)33-24/h2-9,18H,10-17H2,1H3. The lowest BCUT2D eigenvalue weighted by Crippen LogP contribution is -2.52. The van der Waals surface area contributed by atoms with Gasteiger partial charge in [0, 0.05) is 50.1 Å². The topological polar surface area (TPSA) is 73.8 Å². The number of thiazole rings is 1. The molecule has 0 bridgehead atoms. The number of nitrogens with zero attached hydrogens (tertiary/aromatic N) is 4. The third-order valence-electron chi connectivity index (χ3n) is 6.64. The summed E-state index contributed by atoms with van der Waals surface area (Å²) in [5.41, 5.74) is 1.02. The van der Waals surface area contributed by atoms with Crippen molar-refractivity contribution in [2.24, 2.45) is 5.92 Å². The molecule has 2 aromatic carbocycles. The predicted molar refractivity (Wildman–Crippen MR) is 138 cm³/mol. The molecule has 3 heterocycles. The molecular weight excluding hydrogens is 488 g/mol. The van der Waals surface area contributed by atoms with E-state index in [1.807, 2.05) is 41.5 Å². The number of rotatable bonds is 5. The molecule has 0 radical (unpaired) electrons. The van der Waals surface area contributed by atoms with Gasteiger partial charge in [-0.2, -0.15) is 4.31 Å². The number of sulfonamides is 1. The molecule has 0 N–H and O–H groups in total. The highest BCUT2D eigenvalue weighted by Crippen LogP contribution is 2.30. The van der Waals surface area contributed by atoms with Gasteiger partial charge in [0.25, 0.3) is 0 Å². The first-order chi connectivity index (χ1) is 16.5. The van der Waals surface area contributed by atoms with Crippen molar-refractivity contribution in [2.75, 3.05) is 50.4 Å². The number of piperidine rings is 1.